The number of ether oxygens (including phenoxy) is 1. The molecule has 12 heavy (non-hydrogen) atoms. The van der Waals surface area contributed by atoms with Gasteiger partial charge in [0.1, 0.15) is 6.04 Å². The number of amides is 1. The van der Waals surface area contributed by atoms with Crippen LogP contribution in [0.3, 0.4) is 0 Å². The SMILES string of the molecule is CC1C(=O)OC(=O)N1P(=O)(Cl)Cl. The molecule has 0 aliphatic carbocycles. The van der Waals surface area contributed by atoms with Crippen molar-refractivity contribution in [3.8, 4) is 0 Å². The molecule has 1 saturated heterocycles. The Hall–Kier alpha value is -0.250. The summed E-state index contributed by atoms with van der Waals surface area (Å²) in [5.41, 5.74) is 0. The van der Waals surface area contributed by atoms with E-state index >= 15 is 0 Å². The molecule has 0 aromatic rings. The Balaban J connectivity index is 2.99. The molecule has 0 N–H and O–H groups in total. The molecule has 0 saturated carbocycles. The fourth-order valence-electron chi connectivity index (χ4n) is 0.773. The first kappa shape index (κ1) is 9.84. The van der Waals surface area contributed by atoms with Crippen molar-refractivity contribution in [2.45, 2.75) is 13.0 Å². The van der Waals surface area contributed by atoms with E-state index in [-0.39, 0.29) is 0 Å². The topological polar surface area (TPSA) is 63.7 Å². The van der Waals surface area contributed by atoms with Gasteiger partial charge in [0.25, 0.3) is 0 Å². The largest absolute Gasteiger partial charge is 0.425 e. The van der Waals surface area contributed by atoms with Crippen LogP contribution in [-0.2, 0) is 14.1 Å². The smallest absolute Gasteiger partial charge is 0.374 e. The van der Waals surface area contributed by atoms with Gasteiger partial charge in [0.05, 0.1) is 0 Å². The predicted molar refractivity (Wildman–Crippen MR) is 42.1 cm³/mol. The van der Waals surface area contributed by atoms with Gasteiger partial charge in [0, 0.05) is 0 Å². The molecular weight excluding hydrogens is 228 g/mol. The molecule has 1 heterocycles. The Morgan fingerprint density at radius 2 is 2.00 bits per heavy atom. The van der Waals surface area contributed by atoms with Gasteiger partial charge in [-0.15, -0.1) is 0 Å². The Morgan fingerprint density at radius 1 is 1.50 bits per heavy atom. The van der Waals surface area contributed by atoms with E-state index in [9.17, 15) is 14.2 Å². The van der Waals surface area contributed by atoms with Gasteiger partial charge in [0.15, 0.2) is 0 Å². The Kier molecular flexibility index (Phi) is 2.38. The Morgan fingerprint density at radius 3 is 2.17 bits per heavy atom. The number of hydrogen-bond acceptors (Lipinski definition) is 4. The molecule has 1 unspecified atom stereocenters. The second kappa shape index (κ2) is 2.91. The summed E-state index contributed by atoms with van der Waals surface area (Å²) < 4.78 is 15.6. The summed E-state index contributed by atoms with van der Waals surface area (Å²) in [6.07, 6.45) is -1.07. The predicted octanol–water partition coefficient (Wildman–Crippen LogP) is 1.94. The lowest BCUT2D eigenvalue weighted by atomic mass is 10.4. The fraction of sp³-hybridized carbons (Fsp3) is 0.500. The van der Waals surface area contributed by atoms with Crippen molar-refractivity contribution in [2.75, 3.05) is 0 Å². The quantitative estimate of drug-likeness (QED) is 0.393. The highest BCUT2D eigenvalue weighted by Crippen LogP contribution is 2.62. The number of carbonyl (C=O) groups excluding carboxylic acids is 2. The number of nitrogens with zero attached hydrogens (tertiary/aromatic N) is 1. The van der Waals surface area contributed by atoms with E-state index in [2.05, 4.69) is 4.74 Å². The number of halogens is 2. The van der Waals surface area contributed by atoms with Gasteiger partial charge < -0.3 is 4.74 Å². The zero-order chi connectivity index (χ0) is 9.52. The maximum absolute atomic E-state index is 11.0. The molecule has 0 bridgehead atoms. The fourth-order valence-corrected chi connectivity index (χ4v) is 2.66. The van der Waals surface area contributed by atoms with Crippen LogP contribution >= 0.6 is 28.5 Å². The van der Waals surface area contributed by atoms with Gasteiger partial charge in [-0.2, -0.15) is 0 Å². The monoisotopic (exact) mass is 231 g/mol. The lowest BCUT2D eigenvalue weighted by Crippen LogP contribution is -2.26. The summed E-state index contributed by atoms with van der Waals surface area (Å²) in [4.78, 5) is 21.5. The van der Waals surface area contributed by atoms with E-state index in [1.807, 2.05) is 0 Å². The van der Waals surface area contributed by atoms with E-state index in [0.717, 1.165) is 0 Å². The highest BCUT2D eigenvalue weighted by molar-refractivity contribution is 8.07. The van der Waals surface area contributed by atoms with E-state index in [1.54, 1.807) is 0 Å². The lowest BCUT2D eigenvalue weighted by Gasteiger charge is -2.15. The molecule has 1 aliphatic heterocycles. The molecule has 1 amide bonds. The minimum absolute atomic E-state index is 0.526. The van der Waals surface area contributed by atoms with Crippen LogP contribution in [0, 0.1) is 0 Å². The maximum atomic E-state index is 11.0. The molecule has 1 fully saturated rings. The van der Waals surface area contributed by atoms with Gasteiger partial charge in [-0.1, -0.05) is 0 Å². The van der Waals surface area contributed by atoms with Crippen molar-refractivity contribution in [3.05, 3.63) is 0 Å². The van der Waals surface area contributed by atoms with Crippen LogP contribution in [-0.4, -0.2) is 22.8 Å². The summed E-state index contributed by atoms with van der Waals surface area (Å²) >= 11 is 10.4. The zero-order valence-corrected chi connectivity index (χ0v) is 8.27. The van der Waals surface area contributed by atoms with Gasteiger partial charge in [0.2, 0.25) is 0 Å². The Bertz CT molecular complexity index is 287. The first-order chi connectivity index (χ1) is 5.34. The van der Waals surface area contributed by atoms with E-state index < -0.39 is 24.1 Å². The standard InChI is InChI=1S/C4H4Cl2NO4P/c1-2-3(8)11-4(9)7(2)12(5,6)10/h2H,1H3. The molecule has 5 nitrogen and oxygen atoms in total. The van der Waals surface area contributed by atoms with Crippen LogP contribution in [0.4, 0.5) is 4.79 Å². The van der Waals surface area contributed by atoms with Crippen LogP contribution in [0.1, 0.15) is 6.92 Å². The van der Waals surface area contributed by atoms with Crippen LogP contribution in [0.25, 0.3) is 0 Å². The minimum Gasteiger partial charge on any atom is -0.374 e. The van der Waals surface area contributed by atoms with Crippen molar-refractivity contribution in [3.63, 3.8) is 0 Å². The molecule has 0 aromatic heterocycles. The number of esters is 1. The average Bonchev–Trinajstić information content (AvgIpc) is 2.05. The summed E-state index contributed by atoms with van der Waals surface area (Å²) in [6.45, 7) is 1.32. The molecular formula is C4H4Cl2NO4P. The molecule has 1 rings (SSSR count). The van der Waals surface area contributed by atoms with Crippen molar-refractivity contribution in [1.29, 1.82) is 0 Å². The number of cyclic esters (lactones) is 2. The second-order valence-corrected chi connectivity index (χ2v) is 6.71. The van der Waals surface area contributed by atoms with Crippen molar-refractivity contribution < 1.29 is 18.9 Å². The van der Waals surface area contributed by atoms with Crippen molar-refractivity contribution >= 4 is 40.5 Å². The van der Waals surface area contributed by atoms with Gasteiger partial charge in [-0.25, -0.2) is 14.3 Å². The number of rotatable bonds is 1. The molecule has 68 valence electrons. The van der Waals surface area contributed by atoms with Crippen LogP contribution in [0.2, 0.25) is 0 Å². The number of carbonyl (C=O) groups is 2. The third kappa shape index (κ3) is 1.58. The third-order valence-corrected chi connectivity index (χ3v) is 3.32. The highest BCUT2D eigenvalue weighted by atomic mass is 35.9. The highest BCUT2D eigenvalue weighted by Gasteiger charge is 2.46. The summed E-state index contributed by atoms with van der Waals surface area (Å²) in [5, 5.41) is 0. The average molecular weight is 232 g/mol. The minimum atomic E-state index is -3.78. The zero-order valence-electron chi connectivity index (χ0n) is 5.86. The molecule has 1 aliphatic rings. The first-order valence-corrected chi connectivity index (χ1v) is 6.35. The second-order valence-electron chi connectivity index (χ2n) is 2.14. The van der Waals surface area contributed by atoms with Crippen LogP contribution in [0.5, 0.6) is 0 Å². The molecule has 0 radical (unpaired) electrons. The van der Waals surface area contributed by atoms with E-state index in [4.69, 9.17) is 22.5 Å². The van der Waals surface area contributed by atoms with Gasteiger partial charge >= 0.3 is 18.1 Å². The number of hydrogen-bond donors (Lipinski definition) is 0. The van der Waals surface area contributed by atoms with Crippen LogP contribution in [0.15, 0.2) is 0 Å². The van der Waals surface area contributed by atoms with Crippen molar-refractivity contribution in [1.82, 2.24) is 4.67 Å². The van der Waals surface area contributed by atoms with Gasteiger partial charge in [-0.3, -0.25) is 4.57 Å². The summed E-state index contributed by atoms with van der Waals surface area (Å²) in [6, 6.07) is -0.988. The lowest BCUT2D eigenvalue weighted by molar-refractivity contribution is -0.135. The molecule has 8 heteroatoms. The van der Waals surface area contributed by atoms with Gasteiger partial charge in [-0.05, 0) is 29.4 Å². The maximum Gasteiger partial charge on any atom is 0.425 e. The van der Waals surface area contributed by atoms with E-state index in [1.165, 1.54) is 6.92 Å². The third-order valence-electron chi connectivity index (χ3n) is 1.33. The molecule has 1 atom stereocenters. The first-order valence-electron chi connectivity index (χ1n) is 2.88. The van der Waals surface area contributed by atoms with Crippen LogP contribution < -0.4 is 0 Å². The normalized spacial score (nSPS) is 24.6. The molecule has 0 aromatic carbocycles. The Labute approximate surface area is 77.6 Å². The summed E-state index contributed by atoms with van der Waals surface area (Å²) in [7, 11) is 0. The van der Waals surface area contributed by atoms with Crippen molar-refractivity contribution in [2.24, 2.45) is 0 Å². The van der Waals surface area contributed by atoms with E-state index in [0.29, 0.717) is 4.67 Å². The molecule has 0 spiro atoms. The summed E-state index contributed by atoms with van der Waals surface area (Å²) in [5.74, 6) is -4.58.